The van der Waals surface area contributed by atoms with E-state index in [2.05, 4.69) is 10.1 Å². The predicted octanol–water partition coefficient (Wildman–Crippen LogP) is 4.02. The van der Waals surface area contributed by atoms with Gasteiger partial charge in [0.05, 0.1) is 11.9 Å². The van der Waals surface area contributed by atoms with Gasteiger partial charge in [-0.2, -0.15) is 0 Å². The van der Waals surface area contributed by atoms with Crippen LogP contribution in [0.15, 0.2) is 45.9 Å². The van der Waals surface area contributed by atoms with Crippen LogP contribution in [0.5, 0.6) is 5.88 Å². The highest BCUT2D eigenvalue weighted by atomic mass is 32.1. The summed E-state index contributed by atoms with van der Waals surface area (Å²) in [6.45, 7) is 1.79. The Balaban J connectivity index is 1.99. The lowest BCUT2D eigenvalue weighted by Crippen LogP contribution is -1.92. The van der Waals surface area contributed by atoms with Crippen LogP contribution < -0.4 is 0 Å². The maximum absolute atomic E-state index is 10.3. The first-order valence-corrected chi connectivity index (χ1v) is 7.35. The molecule has 5 nitrogen and oxygen atoms in total. The van der Waals surface area contributed by atoms with Gasteiger partial charge in [-0.3, -0.25) is 4.57 Å². The first-order chi connectivity index (χ1) is 10.1. The quantitative estimate of drug-likeness (QED) is 0.585. The number of aryl methyl sites for hydroxylation is 1. The maximum atomic E-state index is 10.3. The molecule has 0 saturated heterocycles. The van der Waals surface area contributed by atoms with E-state index in [-0.39, 0.29) is 5.88 Å². The zero-order valence-corrected chi connectivity index (χ0v) is 12.7. The molecule has 1 aromatic carbocycles. The van der Waals surface area contributed by atoms with Gasteiger partial charge in [-0.25, -0.2) is 4.99 Å². The molecule has 0 radical (unpaired) electrons. The largest absolute Gasteiger partial charge is 0.493 e. The molecular weight excluding hydrogens is 306 g/mol. The number of rotatable bonds is 3. The lowest BCUT2D eigenvalue weighted by atomic mass is 10.3. The molecule has 21 heavy (non-hydrogen) atoms. The Morgan fingerprint density at radius 3 is 2.81 bits per heavy atom. The predicted molar refractivity (Wildman–Crippen MR) is 84.6 cm³/mol. The summed E-state index contributed by atoms with van der Waals surface area (Å²) in [6, 6.07) is 11.2. The van der Waals surface area contributed by atoms with Crippen molar-refractivity contribution < 1.29 is 9.63 Å². The van der Waals surface area contributed by atoms with Crippen molar-refractivity contribution in [1.29, 1.82) is 0 Å². The molecule has 3 aromatic rings. The van der Waals surface area contributed by atoms with E-state index in [1.165, 1.54) is 17.6 Å². The standard InChI is InChI=1S/C14H11N3O2S2/c1-9-7-12(16-19-9)15-8-11-13(18)17(14(20)21-11)10-5-3-2-4-6-10/h2-8,18H,1H3. The lowest BCUT2D eigenvalue weighted by molar-refractivity contribution is 0.399. The number of aromatic nitrogens is 2. The van der Waals surface area contributed by atoms with Gasteiger partial charge in [-0.05, 0) is 31.3 Å². The van der Waals surface area contributed by atoms with Crippen LogP contribution in [0, 0.1) is 10.9 Å². The van der Waals surface area contributed by atoms with E-state index in [1.807, 2.05) is 30.3 Å². The summed E-state index contributed by atoms with van der Waals surface area (Å²) in [5.74, 6) is 1.21. The Kier molecular flexibility index (Phi) is 3.68. The first kappa shape index (κ1) is 13.7. The molecule has 0 bridgehead atoms. The third kappa shape index (κ3) is 2.79. The summed E-state index contributed by atoms with van der Waals surface area (Å²) in [5.41, 5.74) is 0.813. The Labute approximate surface area is 129 Å². The van der Waals surface area contributed by atoms with Crippen LogP contribution in [0.4, 0.5) is 5.82 Å². The zero-order chi connectivity index (χ0) is 14.8. The van der Waals surface area contributed by atoms with Crippen molar-refractivity contribution >= 4 is 35.6 Å². The second-order valence-electron chi connectivity index (χ2n) is 4.28. The highest BCUT2D eigenvalue weighted by molar-refractivity contribution is 7.73. The van der Waals surface area contributed by atoms with Crippen LogP contribution in [0.3, 0.4) is 0 Å². The Morgan fingerprint density at radius 2 is 2.14 bits per heavy atom. The molecule has 106 valence electrons. The van der Waals surface area contributed by atoms with E-state index >= 15 is 0 Å². The molecule has 2 aromatic heterocycles. The van der Waals surface area contributed by atoms with Crippen LogP contribution in [0.2, 0.25) is 0 Å². The van der Waals surface area contributed by atoms with Gasteiger partial charge in [0.15, 0.2) is 9.77 Å². The molecule has 0 fully saturated rings. The van der Waals surface area contributed by atoms with Crippen molar-refractivity contribution in [2.75, 3.05) is 0 Å². The topological polar surface area (TPSA) is 63.5 Å². The molecule has 0 amide bonds. The van der Waals surface area contributed by atoms with E-state index in [4.69, 9.17) is 16.7 Å². The molecular formula is C14H11N3O2S2. The molecule has 7 heteroatoms. The molecule has 0 aliphatic heterocycles. The second-order valence-corrected chi connectivity index (χ2v) is 5.96. The van der Waals surface area contributed by atoms with Crippen molar-refractivity contribution in [2.45, 2.75) is 6.92 Å². The van der Waals surface area contributed by atoms with Crippen molar-refractivity contribution in [3.63, 3.8) is 0 Å². The fourth-order valence-electron chi connectivity index (χ4n) is 1.81. The van der Waals surface area contributed by atoms with Crippen LogP contribution in [0.25, 0.3) is 5.69 Å². The third-order valence-electron chi connectivity index (χ3n) is 2.76. The van der Waals surface area contributed by atoms with Gasteiger partial charge in [0.1, 0.15) is 10.6 Å². The highest BCUT2D eigenvalue weighted by Crippen LogP contribution is 2.28. The molecule has 2 heterocycles. The number of hydrogen-bond acceptors (Lipinski definition) is 6. The molecule has 0 spiro atoms. The smallest absolute Gasteiger partial charge is 0.216 e. The van der Waals surface area contributed by atoms with Gasteiger partial charge >= 0.3 is 0 Å². The molecule has 1 N–H and O–H groups in total. The van der Waals surface area contributed by atoms with Crippen LogP contribution in [0.1, 0.15) is 10.6 Å². The number of benzene rings is 1. The fraction of sp³-hybridized carbons (Fsp3) is 0.0714. The number of thiazole rings is 1. The minimum Gasteiger partial charge on any atom is -0.493 e. The van der Waals surface area contributed by atoms with Gasteiger partial charge in [-0.1, -0.05) is 34.7 Å². The molecule has 0 atom stereocenters. The fourth-order valence-corrected chi connectivity index (χ4v) is 3.03. The molecule has 0 saturated carbocycles. The van der Waals surface area contributed by atoms with Crippen molar-refractivity contribution in [3.05, 3.63) is 51.0 Å². The zero-order valence-electron chi connectivity index (χ0n) is 11.1. The van der Waals surface area contributed by atoms with Crippen molar-refractivity contribution in [3.8, 4) is 11.6 Å². The van der Waals surface area contributed by atoms with E-state index in [1.54, 1.807) is 17.6 Å². The summed E-state index contributed by atoms with van der Waals surface area (Å²) >= 11 is 6.58. The lowest BCUT2D eigenvalue weighted by Gasteiger charge is -2.03. The maximum Gasteiger partial charge on any atom is 0.216 e. The van der Waals surface area contributed by atoms with Crippen LogP contribution in [-0.4, -0.2) is 21.0 Å². The highest BCUT2D eigenvalue weighted by Gasteiger charge is 2.11. The van der Waals surface area contributed by atoms with Gasteiger partial charge in [0.2, 0.25) is 5.88 Å². The van der Waals surface area contributed by atoms with Gasteiger partial charge < -0.3 is 9.63 Å². The Morgan fingerprint density at radius 1 is 1.38 bits per heavy atom. The van der Waals surface area contributed by atoms with Gasteiger partial charge in [-0.15, -0.1) is 0 Å². The summed E-state index contributed by atoms with van der Waals surface area (Å²) in [6.07, 6.45) is 1.53. The third-order valence-corrected chi connectivity index (χ3v) is 4.05. The van der Waals surface area contributed by atoms with Crippen LogP contribution >= 0.6 is 23.6 Å². The number of aromatic hydroxyl groups is 1. The normalized spacial score (nSPS) is 11.3. The van der Waals surface area contributed by atoms with Gasteiger partial charge in [0.25, 0.3) is 0 Å². The SMILES string of the molecule is Cc1cc(N=Cc2sc(=S)n(-c3ccccc3)c2O)no1. The monoisotopic (exact) mass is 317 g/mol. The second kappa shape index (κ2) is 5.63. The van der Waals surface area contributed by atoms with E-state index in [9.17, 15) is 5.11 Å². The minimum atomic E-state index is 0.0696. The summed E-state index contributed by atoms with van der Waals surface area (Å²) in [5, 5.41) is 14.1. The molecule has 0 unspecified atom stereocenters. The summed E-state index contributed by atoms with van der Waals surface area (Å²) in [7, 11) is 0. The first-order valence-electron chi connectivity index (χ1n) is 6.13. The van der Waals surface area contributed by atoms with Crippen LogP contribution in [-0.2, 0) is 0 Å². The van der Waals surface area contributed by atoms with E-state index < -0.39 is 0 Å². The molecule has 3 rings (SSSR count). The van der Waals surface area contributed by atoms with Gasteiger partial charge in [0, 0.05) is 6.07 Å². The average Bonchev–Trinajstić information content (AvgIpc) is 3.01. The summed E-state index contributed by atoms with van der Waals surface area (Å²) in [4.78, 5) is 4.74. The van der Waals surface area contributed by atoms with E-state index in [0.717, 1.165) is 5.69 Å². The number of para-hydroxylation sites is 1. The number of hydrogen-bond donors (Lipinski definition) is 1. The van der Waals surface area contributed by atoms with Crippen molar-refractivity contribution in [2.24, 2.45) is 4.99 Å². The average molecular weight is 317 g/mol. The molecule has 0 aliphatic rings. The van der Waals surface area contributed by atoms with E-state index in [0.29, 0.717) is 20.4 Å². The van der Waals surface area contributed by atoms with Crippen molar-refractivity contribution in [1.82, 2.24) is 9.72 Å². The minimum absolute atomic E-state index is 0.0696. The Hall–Kier alpha value is -2.25. The number of aliphatic imine (C=N–C) groups is 1. The molecule has 0 aliphatic carbocycles. The number of nitrogens with zero attached hydrogens (tertiary/aromatic N) is 3. The Bertz CT molecular complexity index is 847. The summed E-state index contributed by atoms with van der Waals surface area (Å²) < 4.78 is 7.09.